The maximum atomic E-state index is 13.9. The highest BCUT2D eigenvalue weighted by Crippen LogP contribution is 2.38. The minimum atomic E-state index is -0.413. The van der Waals surface area contributed by atoms with E-state index in [1.165, 1.54) is 17.7 Å². The van der Waals surface area contributed by atoms with Gasteiger partial charge in [-0.05, 0) is 67.2 Å². The Labute approximate surface area is 211 Å². The number of nitrogens with one attached hydrogen (secondary N) is 3. The molecule has 1 aliphatic rings. The summed E-state index contributed by atoms with van der Waals surface area (Å²) in [6.45, 7) is 4.89. The van der Waals surface area contributed by atoms with Crippen molar-refractivity contribution < 1.29 is 14.0 Å². The second-order valence-electron chi connectivity index (χ2n) is 9.53. The van der Waals surface area contributed by atoms with E-state index in [1.807, 2.05) is 76.5 Å². The number of rotatable bonds is 8. The number of nitrogens with zero attached hydrogens (tertiary/aromatic N) is 1. The predicted octanol–water partition coefficient (Wildman–Crippen LogP) is 5.09. The van der Waals surface area contributed by atoms with E-state index in [0.717, 1.165) is 23.4 Å². The molecule has 3 N–H and O–H groups in total. The molecule has 0 unspecified atom stereocenters. The van der Waals surface area contributed by atoms with Crippen LogP contribution in [-0.2, 0) is 22.7 Å². The Bertz CT molecular complexity index is 1310. The predicted molar refractivity (Wildman–Crippen MR) is 142 cm³/mol. The van der Waals surface area contributed by atoms with Crippen LogP contribution >= 0.6 is 0 Å². The summed E-state index contributed by atoms with van der Waals surface area (Å²) in [6.07, 6.45) is 0. The van der Waals surface area contributed by atoms with E-state index in [1.54, 1.807) is 6.07 Å². The summed E-state index contributed by atoms with van der Waals surface area (Å²) < 4.78 is 13.9. The number of hydrogen-bond acceptors (Lipinski definition) is 4. The number of anilines is 2. The fraction of sp³-hybridized carbons (Fsp3) is 0.241. The first kappa shape index (κ1) is 25.1. The number of carbonyl (C=O) groups is 2. The van der Waals surface area contributed by atoms with Crippen LogP contribution in [0.3, 0.4) is 0 Å². The van der Waals surface area contributed by atoms with Gasteiger partial charge in [0.25, 0.3) is 5.91 Å². The fourth-order valence-corrected chi connectivity index (χ4v) is 4.11. The van der Waals surface area contributed by atoms with Crippen molar-refractivity contribution in [1.82, 2.24) is 10.2 Å². The van der Waals surface area contributed by atoms with Crippen molar-refractivity contribution in [2.45, 2.75) is 26.9 Å². The zero-order valence-corrected chi connectivity index (χ0v) is 21.0. The minimum absolute atomic E-state index is 0.0268. The molecule has 2 amide bonds. The van der Waals surface area contributed by atoms with Gasteiger partial charge in [-0.25, -0.2) is 4.39 Å². The van der Waals surface area contributed by atoms with Crippen molar-refractivity contribution in [3.05, 3.63) is 94.8 Å². The molecule has 0 saturated heterocycles. The summed E-state index contributed by atoms with van der Waals surface area (Å²) in [4.78, 5) is 27.3. The van der Waals surface area contributed by atoms with Crippen LogP contribution in [0, 0.1) is 11.7 Å². The van der Waals surface area contributed by atoms with E-state index in [-0.39, 0.29) is 17.7 Å². The average Bonchev–Trinajstić information content (AvgIpc) is 3.16. The number of carbonyl (C=O) groups excluding carboxylic acids is 2. The molecular formula is C29H31FN4O2. The lowest BCUT2D eigenvalue weighted by Gasteiger charge is -2.17. The van der Waals surface area contributed by atoms with Gasteiger partial charge in [-0.2, -0.15) is 0 Å². The van der Waals surface area contributed by atoms with Gasteiger partial charge >= 0.3 is 0 Å². The Morgan fingerprint density at radius 3 is 2.44 bits per heavy atom. The van der Waals surface area contributed by atoms with E-state index in [9.17, 15) is 14.0 Å². The Morgan fingerprint density at radius 2 is 1.75 bits per heavy atom. The standard InChI is InChI=1S/C29H31FN4O2/c1-18(2)28(35)31-16-20-6-5-7-21(14-20)27(32-23-11-8-19(9-12-23)17-34(3)4)26-24-13-10-22(30)15-25(24)33-29(26)36/h5-15,18,32H,16-17H2,1-4H3,(H,31,35)(H,33,36)/b27-26-. The van der Waals surface area contributed by atoms with Crippen molar-refractivity contribution in [3.8, 4) is 0 Å². The number of amides is 2. The molecule has 4 rings (SSSR count). The van der Waals surface area contributed by atoms with Crippen molar-refractivity contribution in [2.75, 3.05) is 24.7 Å². The Hall–Kier alpha value is -3.97. The van der Waals surface area contributed by atoms with Gasteiger partial charge in [-0.3, -0.25) is 9.59 Å². The normalized spacial score (nSPS) is 14.0. The highest BCUT2D eigenvalue weighted by atomic mass is 19.1. The highest BCUT2D eigenvalue weighted by Gasteiger charge is 2.29. The SMILES string of the molecule is CC(C)C(=O)NCc1cccc(/C(Nc2ccc(CN(C)C)cc2)=C2/C(=O)Nc3cc(F)ccc32)c1. The maximum Gasteiger partial charge on any atom is 0.258 e. The molecule has 0 radical (unpaired) electrons. The van der Waals surface area contributed by atoms with Gasteiger partial charge in [0.15, 0.2) is 0 Å². The van der Waals surface area contributed by atoms with Crippen LogP contribution in [0.5, 0.6) is 0 Å². The second-order valence-corrected chi connectivity index (χ2v) is 9.53. The first-order valence-electron chi connectivity index (χ1n) is 11.9. The smallest absolute Gasteiger partial charge is 0.258 e. The molecule has 0 atom stereocenters. The molecule has 7 heteroatoms. The van der Waals surface area contributed by atoms with Crippen LogP contribution in [0.4, 0.5) is 15.8 Å². The van der Waals surface area contributed by atoms with Gasteiger partial charge < -0.3 is 20.9 Å². The third-order valence-electron chi connectivity index (χ3n) is 5.91. The summed E-state index contributed by atoms with van der Waals surface area (Å²) in [5.74, 6) is -0.854. The van der Waals surface area contributed by atoms with Gasteiger partial charge in [0.1, 0.15) is 5.82 Å². The van der Waals surface area contributed by atoms with E-state index in [2.05, 4.69) is 20.9 Å². The molecule has 6 nitrogen and oxygen atoms in total. The first-order chi connectivity index (χ1) is 17.2. The lowest BCUT2D eigenvalue weighted by molar-refractivity contribution is -0.124. The highest BCUT2D eigenvalue weighted by molar-refractivity contribution is 6.37. The van der Waals surface area contributed by atoms with Crippen LogP contribution < -0.4 is 16.0 Å². The maximum absolute atomic E-state index is 13.9. The molecule has 0 aromatic heterocycles. The minimum Gasteiger partial charge on any atom is -0.354 e. The van der Waals surface area contributed by atoms with E-state index in [4.69, 9.17) is 0 Å². The summed E-state index contributed by atoms with van der Waals surface area (Å²) >= 11 is 0. The van der Waals surface area contributed by atoms with Crippen molar-refractivity contribution in [2.24, 2.45) is 5.92 Å². The molecule has 0 aliphatic carbocycles. The number of hydrogen-bond donors (Lipinski definition) is 3. The molecule has 0 spiro atoms. The molecule has 36 heavy (non-hydrogen) atoms. The zero-order chi connectivity index (χ0) is 25.8. The summed E-state index contributed by atoms with van der Waals surface area (Å²) in [5, 5.41) is 9.16. The molecule has 1 aliphatic heterocycles. The third kappa shape index (κ3) is 5.80. The molecule has 1 heterocycles. The summed E-state index contributed by atoms with van der Waals surface area (Å²) in [6, 6.07) is 20.0. The van der Waals surface area contributed by atoms with Crippen LogP contribution in [0.15, 0.2) is 66.7 Å². The van der Waals surface area contributed by atoms with Crippen molar-refractivity contribution in [1.29, 1.82) is 0 Å². The number of benzene rings is 3. The van der Waals surface area contributed by atoms with Crippen LogP contribution in [-0.4, -0.2) is 30.8 Å². The molecule has 0 bridgehead atoms. The average molecular weight is 487 g/mol. The summed E-state index contributed by atoms with van der Waals surface area (Å²) in [5.41, 5.74) is 5.79. The molecular weight excluding hydrogens is 455 g/mol. The lowest BCUT2D eigenvalue weighted by Crippen LogP contribution is -2.27. The summed E-state index contributed by atoms with van der Waals surface area (Å²) in [7, 11) is 4.04. The van der Waals surface area contributed by atoms with Crippen molar-refractivity contribution >= 4 is 34.5 Å². The zero-order valence-electron chi connectivity index (χ0n) is 21.0. The van der Waals surface area contributed by atoms with Crippen LogP contribution in [0.25, 0.3) is 11.3 Å². The van der Waals surface area contributed by atoms with E-state index < -0.39 is 5.82 Å². The monoisotopic (exact) mass is 486 g/mol. The van der Waals surface area contributed by atoms with Gasteiger partial charge in [-0.1, -0.05) is 44.2 Å². The Balaban J connectivity index is 1.75. The van der Waals surface area contributed by atoms with E-state index >= 15 is 0 Å². The van der Waals surface area contributed by atoms with Crippen molar-refractivity contribution in [3.63, 3.8) is 0 Å². The van der Waals surface area contributed by atoms with Gasteiger partial charge in [0, 0.05) is 30.3 Å². The third-order valence-corrected chi connectivity index (χ3v) is 5.91. The first-order valence-corrected chi connectivity index (χ1v) is 11.9. The second kappa shape index (κ2) is 10.7. The Morgan fingerprint density at radius 1 is 1.00 bits per heavy atom. The Kier molecular flexibility index (Phi) is 7.50. The molecule has 3 aromatic carbocycles. The molecule has 186 valence electrons. The molecule has 0 fully saturated rings. The van der Waals surface area contributed by atoms with Crippen LogP contribution in [0.2, 0.25) is 0 Å². The van der Waals surface area contributed by atoms with Crippen LogP contribution in [0.1, 0.15) is 36.1 Å². The molecule has 3 aromatic rings. The molecule has 0 saturated carbocycles. The quantitative estimate of drug-likeness (QED) is 0.388. The van der Waals surface area contributed by atoms with E-state index in [0.29, 0.717) is 29.1 Å². The largest absolute Gasteiger partial charge is 0.354 e. The van der Waals surface area contributed by atoms with Gasteiger partial charge in [0.2, 0.25) is 5.91 Å². The van der Waals surface area contributed by atoms with Gasteiger partial charge in [0.05, 0.1) is 17.0 Å². The topological polar surface area (TPSA) is 73.5 Å². The number of fused-ring (bicyclic) bond motifs is 1. The van der Waals surface area contributed by atoms with Gasteiger partial charge in [-0.15, -0.1) is 0 Å². The fourth-order valence-electron chi connectivity index (χ4n) is 4.11. The number of halogens is 1. The lowest BCUT2D eigenvalue weighted by atomic mass is 9.98.